The smallest absolute Gasteiger partial charge is 0.167 e. The number of ether oxygens (including phenoxy) is 3. The van der Waals surface area contributed by atoms with Crippen LogP contribution >= 0.6 is 0 Å². The maximum atomic E-state index is 12.1. The zero-order valence-corrected chi connectivity index (χ0v) is 22.4. The molecule has 1 N–H and O–H groups in total. The van der Waals surface area contributed by atoms with Crippen LogP contribution in [0.25, 0.3) is 16.9 Å². The lowest BCUT2D eigenvalue weighted by Crippen LogP contribution is -2.44. The Morgan fingerprint density at radius 3 is 2.64 bits per heavy atom. The summed E-state index contributed by atoms with van der Waals surface area (Å²) in [6.07, 6.45) is 6.96. The molecule has 1 aromatic carbocycles. The molecule has 4 atom stereocenters. The topological polar surface area (TPSA) is 99.7 Å². The van der Waals surface area contributed by atoms with E-state index in [0.717, 1.165) is 53.3 Å². The first kappa shape index (κ1) is 24.6. The van der Waals surface area contributed by atoms with E-state index in [2.05, 4.69) is 23.0 Å². The third-order valence-corrected chi connectivity index (χ3v) is 8.42. The molecular formula is C29H34N6O4. The fraction of sp³-hybridized carbons (Fsp3) is 0.483. The Morgan fingerprint density at radius 1 is 1.10 bits per heavy atom. The summed E-state index contributed by atoms with van der Waals surface area (Å²) in [6.45, 7) is 4.76. The van der Waals surface area contributed by atoms with Gasteiger partial charge in [0.2, 0.25) is 0 Å². The van der Waals surface area contributed by atoms with Gasteiger partial charge in [0.1, 0.15) is 11.6 Å². The van der Waals surface area contributed by atoms with Crippen molar-refractivity contribution in [2.45, 2.75) is 63.0 Å². The molecule has 3 saturated heterocycles. The van der Waals surface area contributed by atoms with E-state index in [1.807, 2.05) is 45.9 Å². The van der Waals surface area contributed by atoms with Gasteiger partial charge in [-0.3, -0.25) is 0 Å². The predicted molar refractivity (Wildman–Crippen MR) is 145 cm³/mol. The summed E-state index contributed by atoms with van der Waals surface area (Å²) in [5.74, 6) is 2.47. The summed E-state index contributed by atoms with van der Waals surface area (Å²) >= 11 is 0. The minimum atomic E-state index is -0.993. The summed E-state index contributed by atoms with van der Waals surface area (Å²) in [5, 5.41) is 22.4. The van der Waals surface area contributed by atoms with Gasteiger partial charge in [-0.15, -0.1) is 0 Å². The molecule has 3 fully saturated rings. The standard InChI is InChI=1S/C29H34N6O4/c1-19-18-38-12-11-33(19)26-13-25(29(36)14-22-7-8-23(15-29)39-22)24-16-31-35(28(24)32-26)27-9-10-30-34(27)17-20-3-5-21(37-2)6-4-20/h3-6,9-10,13,16,19,22-23,36H,7-8,11-12,14-15,17-18H2,1-2H3/t19-,22-,23+,29?/m1/s1. The van der Waals surface area contributed by atoms with Gasteiger partial charge in [-0.2, -0.15) is 14.9 Å². The molecule has 0 amide bonds. The molecule has 3 aliphatic rings. The van der Waals surface area contributed by atoms with Crippen molar-refractivity contribution in [2.75, 3.05) is 31.8 Å². The van der Waals surface area contributed by atoms with Crippen molar-refractivity contribution in [3.63, 3.8) is 0 Å². The summed E-state index contributed by atoms with van der Waals surface area (Å²) < 4.78 is 20.9. The van der Waals surface area contributed by atoms with Crippen molar-refractivity contribution >= 4 is 16.9 Å². The highest BCUT2D eigenvalue weighted by molar-refractivity contribution is 5.83. The number of hydrogen-bond donors (Lipinski definition) is 1. The summed E-state index contributed by atoms with van der Waals surface area (Å²) in [7, 11) is 1.66. The van der Waals surface area contributed by atoms with Crippen LogP contribution in [-0.4, -0.2) is 74.8 Å². The van der Waals surface area contributed by atoms with Gasteiger partial charge in [0.05, 0.1) is 63.1 Å². The monoisotopic (exact) mass is 530 g/mol. The molecule has 4 aromatic rings. The van der Waals surface area contributed by atoms with Crippen LogP contribution in [0.3, 0.4) is 0 Å². The van der Waals surface area contributed by atoms with E-state index in [0.29, 0.717) is 38.2 Å². The number of fused-ring (bicyclic) bond motifs is 3. The highest BCUT2D eigenvalue weighted by atomic mass is 16.5. The highest BCUT2D eigenvalue weighted by Crippen LogP contribution is 2.46. The van der Waals surface area contributed by atoms with E-state index >= 15 is 0 Å². The lowest BCUT2D eigenvalue weighted by molar-refractivity contribution is -0.114. The van der Waals surface area contributed by atoms with Gasteiger partial charge in [-0.25, -0.2) is 9.67 Å². The highest BCUT2D eigenvalue weighted by Gasteiger charge is 2.46. The van der Waals surface area contributed by atoms with Gasteiger partial charge in [0.25, 0.3) is 0 Å². The van der Waals surface area contributed by atoms with Crippen molar-refractivity contribution in [3.8, 4) is 11.6 Å². The molecule has 10 nitrogen and oxygen atoms in total. The fourth-order valence-electron chi connectivity index (χ4n) is 6.42. The molecule has 0 saturated carbocycles. The van der Waals surface area contributed by atoms with E-state index in [9.17, 15) is 5.11 Å². The first-order valence-electron chi connectivity index (χ1n) is 13.8. The van der Waals surface area contributed by atoms with Crippen LogP contribution in [0, 0.1) is 0 Å². The molecule has 2 bridgehead atoms. The minimum Gasteiger partial charge on any atom is -0.497 e. The third-order valence-electron chi connectivity index (χ3n) is 8.42. The van der Waals surface area contributed by atoms with Gasteiger partial charge < -0.3 is 24.2 Å². The van der Waals surface area contributed by atoms with Gasteiger partial charge in [0, 0.05) is 30.8 Å². The van der Waals surface area contributed by atoms with Crippen LogP contribution in [-0.2, 0) is 21.6 Å². The second kappa shape index (κ2) is 9.62. The number of methoxy groups -OCH3 is 1. The van der Waals surface area contributed by atoms with Crippen LogP contribution in [0.2, 0.25) is 0 Å². The second-order valence-electron chi connectivity index (χ2n) is 11.0. The number of aliphatic hydroxyl groups is 1. The van der Waals surface area contributed by atoms with Crippen molar-refractivity contribution in [1.29, 1.82) is 0 Å². The van der Waals surface area contributed by atoms with E-state index in [4.69, 9.17) is 24.3 Å². The molecule has 3 aromatic heterocycles. The molecule has 204 valence electrons. The first-order valence-corrected chi connectivity index (χ1v) is 13.8. The molecule has 0 aliphatic carbocycles. The normalized spacial score (nSPS) is 26.8. The van der Waals surface area contributed by atoms with Gasteiger partial charge >= 0.3 is 0 Å². The van der Waals surface area contributed by atoms with Crippen molar-refractivity contribution in [3.05, 3.63) is 59.9 Å². The molecule has 10 heteroatoms. The average molecular weight is 531 g/mol. The van der Waals surface area contributed by atoms with Crippen molar-refractivity contribution < 1.29 is 19.3 Å². The molecule has 0 spiro atoms. The van der Waals surface area contributed by atoms with Crippen molar-refractivity contribution in [2.24, 2.45) is 0 Å². The van der Waals surface area contributed by atoms with Crippen molar-refractivity contribution in [1.82, 2.24) is 24.5 Å². The minimum absolute atomic E-state index is 0.0868. The molecule has 6 heterocycles. The molecule has 39 heavy (non-hydrogen) atoms. The first-order chi connectivity index (χ1) is 19.0. The average Bonchev–Trinajstić information content (AvgIpc) is 3.67. The van der Waals surface area contributed by atoms with Crippen LogP contribution in [0.4, 0.5) is 5.82 Å². The van der Waals surface area contributed by atoms with Crippen LogP contribution in [0.5, 0.6) is 5.75 Å². The summed E-state index contributed by atoms with van der Waals surface area (Å²) in [5.41, 5.74) is 1.70. The molecular weight excluding hydrogens is 496 g/mol. The fourth-order valence-corrected chi connectivity index (χ4v) is 6.42. The maximum absolute atomic E-state index is 12.1. The lowest BCUT2D eigenvalue weighted by atomic mass is 9.82. The van der Waals surface area contributed by atoms with Gasteiger partial charge in [-0.1, -0.05) is 12.1 Å². The Hall–Kier alpha value is -3.47. The molecule has 0 radical (unpaired) electrons. The quantitative estimate of drug-likeness (QED) is 0.405. The number of nitrogens with zero attached hydrogens (tertiary/aromatic N) is 6. The summed E-state index contributed by atoms with van der Waals surface area (Å²) in [6, 6.07) is 12.2. The van der Waals surface area contributed by atoms with E-state index in [1.54, 1.807) is 13.3 Å². The Bertz CT molecular complexity index is 1470. The maximum Gasteiger partial charge on any atom is 0.167 e. The van der Waals surface area contributed by atoms with E-state index in [-0.39, 0.29) is 18.2 Å². The Kier molecular flexibility index (Phi) is 6.06. The molecule has 7 rings (SSSR count). The Labute approximate surface area is 227 Å². The second-order valence-corrected chi connectivity index (χ2v) is 11.0. The number of hydrogen-bond acceptors (Lipinski definition) is 8. The number of benzene rings is 1. The lowest BCUT2D eigenvalue weighted by Gasteiger charge is -2.39. The summed E-state index contributed by atoms with van der Waals surface area (Å²) in [4.78, 5) is 7.42. The molecule has 3 aliphatic heterocycles. The number of aromatic nitrogens is 5. The van der Waals surface area contributed by atoms with E-state index in [1.165, 1.54) is 0 Å². The van der Waals surface area contributed by atoms with E-state index < -0.39 is 5.60 Å². The van der Waals surface area contributed by atoms with Gasteiger partial charge in [0.15, 0.2) is 11.5 Å². The zero-order chi connectivity index (χ0) is 26.6. The number of pyridine rings is 1. The van der Waals surface area contributed by atoms with Crippen LogP contribution in [0.1, 0.15) is 43.7 Å². The zero-order valence-electron chi connectivity index (χ0n) is 22.4. The SMILES string of the molecule is COc1ccc(Cn2nccc2-n2ncc3c(C4(O)C[C@H]5CC[C@@H](C4)O5)cc(N4CCOC[C@H]4C)nc32)cc1. The van der Waals surface area contributed by atoms with Crippen LogP contribution < -0.4 is 9.64 Å². The van der Waals surface area contributed by atoms with Gasteiger partial charge in [-0.05, 0) is 49.1 Å². The third kappa shape index (κ3) is 4.36. The van der Waals surface area contributed by atoms with Crippen LogP contribution in [0.15, 0.2) is 48.8 Å². The number of anilines is 1. The number of morpholine rings is 1. The Morgan fingerprint density at radius 2 is 1.90 bits per heavy atom. The Balaban J connectivity index is 1.34. The molecule has 1 unspecified atom stereocenters. The predicted octanol–water partition coefficient (Wildman–Crippen LogP) is 3.43. The largest absolute Gasteiger partial charge is 0.497 e. The number of rotatable bonds is 6.